The van der Waals surface area contributed by atoms with Gasteiger partial charge in [-0.15, -0.1) is 11.6 Å². The standard InChI is InChI=1S/C14H17ClN2O3/c1-9(2)20-11-6-4-5-10-14(11)16-12(7-15)17(10)8-13(18)19-3/h4-6,9H,7-8H2,1-3H3. The molecule has 20 heavy (non-hydrogen) atoms. The minimum absolute atomic E-state index is 0.0470. The van der Waals surface area contributed by atoms with Gasteiger partial charge in [-0.05, 0) is 26.0 Å². The molecule has 0 N–H and O–H groups in total. The summed E-state index contributed by atoms with van der Waals surface area (Å²) in [5.41, 5.74) is 1.52. The van der Waals surface area contributed by atoms with Crippen LogP contribution in [0.5, 0.6) is 5.75 Å². The summed E-state index contributed by atoms with van der Waals surface area (Å²) in [6.07, 6.45) is 0.0470. The van der Waals surface area contributed by atoms with Gasteiger partial charge in [0.05, 0.1) is 24.6 Å². The number of aromatic nitrogens is 2. The second-order valence-corrected chi connectivity index (χ2v) is 4.88. The van der Waals surface area contributed by atoms with Gasteiger partial charge >= 0.3 is 5.97 Å². The zero-order valence-corrected chi connectivity index (χ0v) is 12.5. The number of alkyl halides is 1. The number of hydrogen-bond donors (Lipinski definition) is 0. The van der Waals surface area contributed by atoms with Crippen LogP contribution in [0.3, 0.4) is 0 Å². The lowest BCUT2D eigenvalue weighted by Crippen LogP contribution is -2.13. The van der Waals surface area contributed by atoms with Gasteiger partial charge < -0.3 is 14.0 Å². The first-order valence-corrected chi connectivity index (χ1v) is 6.87. The number of fused-ring (bicyclic) bond motifs is 1. The smallest absolute Gasteiger partial charge is 0.325 e. The van der Waals surface area contributed by atoms with Crippen LogP contribution in [-0.4, -0.2) is 28.7 Å². The van der Waals surface area contributed by atoms with E-state index in [0.717, 1.165) is 5.52 Å². The molecule has 1 aromatic carbocycles. The first-order chi connectivity index (χ1) is 9.56. The first-order valence-electron chi connectivity index (χ1n) is 6.34. The summed E-state index contributed by atoms with van der Waals surface area (Å²) in [5, 5.41) is 0. The molecule has 0 radical (unpaired) electrons. The van der Waals surface area contributed by atoms with Gasteiger partial charge in [0.15, 0.2) is 0 Å². The number of benzene rings is 1. The summed E-state index contributed by atoms with van der Waals surface area (Å²) in [4.78, 5) is 16.0. The van der Waals surface area contributed by atoms with Crippen molar-refractivity contribution in [2.24, 2.45) is 0 Å². The second-order valence-electron chi connectivity index (χ2n) is 4.61. The molecule has 0 unspecified atom stereocenters. The van der Waals surface area contributed by atoms with Crippen molar-refractivity contribution in [3.63, 3.8) is 0 Å². The summed E-state index contributed by atoms with van der Waals surface area (Å²) in [6.45, 7) is 3.99. The summed E-state index contributed by atoms with van der Waals surface area (Å²) in [5.74, 6) is 1.18. The summed E-state index contributed by atoms with van der Waals surface area (Å²) in [6, 6.07) is 5.61. The first kappa shape index (κ1) is 14.7. The summed E-state index contributed by atoms with van der Waals surface area (Å²) >= 11 is 5.91. The number of imidazole rings is 1. The van der Waals surface area contributed by atoms with Crippen LogP contribution in [0.2, 0.25) is 0 Å². The zero-order valence-electron chi connectivity index (χ0n) is 11.7. The van der Waals surface area contributed by atoms with Crippen molar-refractivity contribution in [1.29, 1.82) is 0 Å². The predicted octanol–water partition coefficient (Wildman–Crippen LogP) is 2.74. The van der Waals surface area contributed by atoms with E-state index in [1.807, 2.05) is 32.0 Å². The second kappa shape index (κ2) is 6.13. The highest BCUT2D eigenvalue weighted by molar-refractivity contribution is 6.17. The molecule has 0 spiro atoms. The van der Waals surface area contributed by atoms with E-state index >= 15 is 0 Å². The van der Waals surface area contributed by atoms with Gasteiger partial charge in [0, 0.05) is 0 Å². The molecule has 0 atom stereocenters. The van der Waals surface area contributed by atoms with Crippen molar-refractivity contribution < 1.29 is 14.3 Å². The van der Waals surface area contributed by atoms with Gasteiger partial charge in [-0.1, -0.05) is 6.07 Å². The maximum Gasteiger partial charge on any atom is 0.325 e. The number of halogens is 1. The fourth-order valence-electron chi connectivity index (χ4n) is 1.99. The third-order valence-electron chi connectivity index (χ3n) is 2.82. The van der Waals surface area contributed by atoms with E-state index in [1.165, 1.54) is 7.11 Å². The molecule has 0 aliphatic heterocycles. The van der Waals surface area contributed by atoms with Crippen molar-refractivity contribution in [2.75, 3.05) is 7.11 Å². The van der Waals surface area contributed by atoms with Crippen molar-refractivity contribution in [3.8, 4) is 5.75 Å². The van der Waals surface area contributed by atoms with Crippen molar-refractivity contribution in [3.05, 3.63) is 24.0 Å². The van der Waals surface area contributed by atoms with E-state index in [-0.39, 0.29) is 24.5 Å². The Hall–Kier alpha value is -1.75. The third kappa shape index (κ3) is 2.88. The highest BCUT2D eigenvalue weighted by Gasteiger charge is 2.16. The fraction of sp³-hybridized carbons (Fsp3) is 0.429. The van der Waals surface area contributed by atoms with Crippen LogP contribution >= 0.6 is 11.6 Å². The Labute approximate surface area is 122 Å². The molecule has 0 aliphatic carbocycles. The number of carbonyl (C=O) groups excluding carboxylic acids is 1. The average molecular weight is 297 g/mol. The molecule has 0 aliphatic rings. The highest BCUT2D eigenvalue weighted by Crippen LogP contribution is 2.27. The van der Waals surface area contributed by atoms with Crippen LogP contribution in [0.25, 0.3) is 11.0 Å². The van der Waals surface area contributed by atoms with E-state index < -0.39 is 0 Å². The Morgan fingerprint density at radius 1 is 1.45 bits per heavy atom. The molecule has 0 fully saturated rings. The lowest BCUT2D eigenvalue weighted by molar-refractivity contribution is -0.141. The number of para-hydroxylation sites is 1. The van der Waals surface area contributed by atoms with E-state index in [9.17, 15) is 4.79 Å². The number of carbonyl (C=O) groups is 1. The van der Waals surface area contributed by atoms with Crippen LogP contribution in [0.15, 0.2) is 18.2 Å². The number of methoxy groups -OCH3 is 1. The van der Waals surface area contributed by atoms with Crippen LogP contribution in [0.1, 0.15) is 19.7 Å². The summed E-state index contributed by atoms with van der Waals surface area (Å²) < 4.78 is 12.2. The Kier molecular flexibility index (Phi) is 4.49. The normalized spacial score (nSPS) is 11.1. The minimum Gasteiger partial charge on any atom is -0.489 e. The molecule has 0 saturated heterocycles. The Morgan fingerprint density at radius 3 is 2.80 bits per heavy atom. The molecule has 1 heterocycles. The van der Waals surface area contributed by atoms with Gasteiger partial charge in [-0.3, -0.25) is 4.79 Å². The topological polar surface area (TPSA) is 53.4 Å². The van der Waals surface area contributed by atoms with Gasteiger partial charge in [0.25, 0.3) is 0 Å². The van der Waals surface area contributed by atoms with Crippen LogP contribution in [-0.2, 0) is 22.0 Å². The monoisotopic (exact) mass is 296 g/mol. The molecule has 0 saturated carbocycles. The predicted molar refractivity (Wildman–Crippen MR) is 77.1 cm³/mol. The minimum atomic E-state index is -0.342. The number of ether oxygens (including phenoxy) is 2. The van der Waals surface area contributed by atoms with Crippen molar-refractivity contribution in [1.82, 2.24) is 9.55 Å². The molecule has 2 rings (SSSR count). The summed E-state index contributed by atoms with van der Waals surface area (Å²) in [7, 11) is 1.36. The Morgan fingerprint density at radius 2 is 2.20 bits per heavy atom. The van der Waals surface area contributed by atoms with E-state index in [0.29, 0.717) is 17.1 Å². The van der Waals surface area contributed by atoms with Crippen LogP contribution < -0.4 is 4.74 Å². The maximum atomic E-state index is 11.5. The van der Waals surface area contributed by atoms with Gasteiger partial charge in [0.2, 0.25) is 0 Å². The van der Waals surface area contributed by atoms with Gasteiger partial charge in [-0.25, -0.2) is 4.98 Å². The quantitative estimate of drug-likeness (QED) is 0.629. The number of hydrogen-bond acceptors (Lipinski definition) is 4. The lowest BCUT2D eigenvalue weighted by atomic mass is 10.3. The van der Waals surface area contributed by atoms with Gasteiger partial charge in [0.1, 0.15) is 23.6 Å². The molecule has 0 bridgehead atoms. The maximum absolute atomic E-state index is 11.5. The zero-order chi connectivity index (χ0) is 14.7. The molecule has 5 nitrogen and oxygen atoms in total. The molecule has 108 valence electrons. The molecule has 1 aromatic heterocycles. The molecular formula is C14H17ClN2O3. The highest BCUT2D eigenvalue weighted by atomic mass is 35.5. The molecule has 6 heteroatoms. The van der Waals surface area contributed by atoms with Gasteiger partial charge in [-0.2, -0.15) is 0 Å². The Bertz CT molecular complexity index is 622. The van der Waals surface area contributed by atoms with Crippen LogP contribution in [0.4, 0.5) is 0 Å². The van der Waals surface area contributed by atoms with Crippen LogP contribution in [0, 0.1) is 0 Å². The lowest BCUT2D eigenvalue weighted by Gasteiger charge is -2.10. The molecule has 0 amide bonds. The fourth-order valence-corrected chi connectivity index (χ4v) is 2.19. The molecule has 2 aromatic rings. The largest absolute Gasteiger partial charge is 0.489 e. The van der Waals surface area contributed by atoms with Crippen molar-refractivity contribution >= 4 is 28.6 Å². The molecular weight excluding hydrogens is 280 g/mol. The van der Waals surface area contributed by atoms with E-state index in [4.69, 9.17) is 21.1 Å². The van der Waals surface area contributed by atoms with E-state index in [2.05, 4.69) is 4.98 Å². The SMILES string of the molecule is COC(=O)Cn1c(CCl)nc2c(OC(C)C)cccc21. The average Bonchev–Trinajstić information content (AvgIpc) is 2.77. The van der Waals surface area contributed by atoms with Crippen molar-refractivity contribution in [2.45, 2.75) is 32.4 Å². The number of rotatable bonds is 5. The number of nitrogens with zero attached hydrogens (tertiary/aromatic N) is 2. The van der Waals surface area contributed by atoms with E-state index in [1.54, 1.807) is 4.57 Å². The Balaban J connectivity index is 2.53. The number of esters is 1. The third-order valence-corrected chi connectivity index (χ3v) is 3.06.